The summed E-state index contributed by atoms with van der Waals surface area (Å²) in [5.41, 5.74) is 8.19. The largest absolute Gasteiger partial charge is 0.480 e. The lowest BCUT2D eigenvalue weighted by Crippen LogP contribution is -2.43. The molecule has 1 aliphatic heterocycles. The molecule has 2 aromatic heterocycles. The lowest BCUT2D eigenvalue weighted by Gasteiger charge is -2.24. The number of carbonyl (C=O) groups excluding carboxylic acids is 2. The number of aromatic nitrogens is 2. The van der Waals surface area contributed by atoms with Crippen molar-refractivity contribution < 1.29 is 29.0 Å². The van der Waals surface area contributed by atoms with Gasteiger partial charge in [0, 0.05) is 30.2 Å². The number of pyridine rings is 1. The van der Waals surface area contributed by atoms with Gasteiger partial charge in [-0.15, -0.1) is 0 Å². The van der Waals surface area contributed by atoms with Gasteiger partial charge in [-0.25, -0.2) is 14.6 Å². The van der Waals surface area contributed by atoms with Crippen molar-refractivity contribution in [2.75, 3.05) is 42.6 Å². The van der Waals surface area contributed by atoms with E-state index in [9.17, 15) is 19.5 Å². The third-order valence-corrected chi connectivity index (χ3v) is 7.32. The van der Waals surface area contributed by atoms with Gasteiger partial charge in [0.05, 0.1) is 24.4 Å². The molecule has 44 heavy (non-hydrogen) atoms. The van der Waals surface area contributed by atoms with E-state index in [-0.39, 0.29) is 32.3 Å². The molecule has 2 aromatic carbocycles. The van der Waals surface area contributed by atoms with Crippen LogP contribution in [0.1, 0.15) is 12.0 Å². The number of likely N-dealkylation sites (tertiary alicyclic amines) is 1. The van der Waals surface area contributed by atoms with Crippen LogP contribution in [0, 0.1) is 0 Å². The van der Waals surface area contributed by atoms with Gasteiger partial charge in [0.15, 0.2) is 0 Å². The van der Waals surface area contributed by atoms with E-state index in [4.69, 9.17) is 15.2 Å². The fourth-order valence-corrected chi connectivity index (χ4v) is 5.02. The van der Waals surface area contributed by atoms with Gasteiger partial charge in [-0.05, 0) is 30.2 Å². The van der Waals surface area contributed by atoms with Crippen LogP contribution < -0.4 is 21.7 Å². The molecule has 0 spiro atoms. The summed E-state index contributed by atoms with van der Waals surface area (Å²) in [6, 6.07) is 20.8. The normalized spacial score (nSPS) is 16.8. The third kappa shape index (κ3) is 7.75. The average molecular weight is 602 g/mol. The molecule has 7 N–H and O–H groups in total. The van der Waals surface area contributed by atoms with Gasteiger partial charge in [-0.2, -0.15) is 0 Å². The van der Waals surface area contributed by atoms with Crippen LogP contribution in [0.25, 0.3) is 10.9 Å². The number of ether oxygens (including phenoxy) is 2. The molecular weight excluding hydrogens is 566 g/mol. The van der Waals surface area contributed by atoms with Crippen molar-refractivity contribution in [3.63, 3.8) is 0 Å². The molecule has 1 fully saturated rings. The number of anilines is 3. The predicted octanol–water partition coefficient (Wildman–Crippen LogP) is 3.03. The van der Waals surface area contributed by atoms with Crippen LogP contribution in [0.15, 0.2) is 79.0 Å². The lowest BCUT2D eigenvalue weighted by molar-refractivity contribution is -0.138. The summed E-state index contributed by atoms with van der Waals surface area (Å²) in [6.07, 6.45) is 1.23. The highest BCUT2D eigenvalue weighted by Gasteiger charge is 2.37. The Morgan fingerprint density at radius 3 is 2.59 bits per heavy atom. The molecule has 4 aromatic rings. The predicted molar refractivity (Wildman–Crippen MR) is 165 cm³/mol. The number of carboxylic acid groups (broad SMARTS) is 1. The minimum atomic E-state index is -1.16. The van der Waals surface area contributed by atoms with Gasteiger partial charge >= 0.3 is 12.1 Å². The number of aliphatic carboxylic acids is 1. The van der Waals surface area contributed by atoms with Gasteiger partial charge < -0.3 is 46.1 Å². The van der Waals surface area contributed by atoms with E-state index in [1.807, 2.05) is 72.8 Å². The van der Waals surface area contributed by atoms with E-state index in [1.165, 1.54) is 0 Å². The summed E-state index contributed by atoms with van der Waals surface area (Å²) in [5.74, 6) is -0.617. The standard InChI is InChI=1S/C31H35N7O6/c32-28-23-10-4-5-11-24(23)36-29(28)37-25(30(40)41)16-35-27(39)19-43-22-14-21(15-34-26-12-6-7-13-33-26)38(17-22)31(42)44-18-20-8-2-1-3-9-20/h1-13,21-22,25,36-37H,14-19,32H2,(H,33,34)(H,35,39)(H,40,41). The van der Waals surface area contributed by atoms with Gasteiger partial charge in [0.25, 0.3) is 0 Å². The molecule has 1 aliphatic rings. The first-order valence-corrected chi connectivity index (χ1v) is 14.2. The lowest BCUT2D eigenvalue weighted by atomic mass is 10.2. The van der Waals surface area contributed by atoms with Gasteiger partial charge in [-0.3, -0.25) is 4.79 Å². The summed E-state index contributed by atoms with van der Waals surface area (Å²) in [7, 11) is 0. The van der Waals surface area contributed by atoms with Crippen LogP contribution in [0.3, 0.4) is 0 Å². The number of fused-ring (bicyclic) bond motifs is 1. The second-order valence-corrected chi connectivity index (χ2v) is 10.4. The Morgan fingerprint density at radius 2 is 1.84 bits per heavy atom. The van der Waals surface area contributed by atoms with Crippen molar-refractivity contribution in [3.8, 4) is 0 Å². The molecule has 0 aliphatic carbocycles. The smallest absolute Gasteiger partial charge is 0.410 e. The van der Waals surface area contributed by atoms with Crippen molar-refractivity contribution in [1.82, 2.24) is 20.2 Å². The molecule has 0 saturated carbocycles. The topological polar surface area (TPSA) is 184 Å². The first-order valence-electron chi connectivity index (χ1n) is 14.2. The van der Waals surface area contributed by atoms with Crippen LogP contribution in [0.4, 0.5) is 22.1 Å². The van der Waals surface area contributed by atoms with E-state index in [2.05, 4.69) is 25.9 Å². The van der Waals surface area contributed by atoms with Crippen molar-refractivity contribution in [2.45, 2.75) is 31.2 Å². The van der Waals surface area contributed by atoms with E-state index in [0.717, 1.165) is 16.5 Å². The number of H-pyrrole nitrogens is 1. The quantitative estimate of drug-likeness (QED) is 0.133. The fourth-order valence-electron chi connectivity index (χ4n) is 5.02. The van der Waals surface area contributed by atoms with E-state index < -0.39 is 30.1 Å². The minimum Gasteiger partial charge on any atom is -0.480 e. The summed E-state index contributed by atoms with van der Waals surface area (Å²) < 4.78 is 11.4. The average Bonchev–Trinajstić information content (AvgIpc) is 3.61. The number of nitrogens with zero attached hydrogens (tertiary/aromatic N) is 2. The molecular formula is C31H35N7O6. The molecule has 13 heteroatoms. The van der Waals surface area contributed by atoms with Crippen LogP contribution in [0.5, 0.6) is 0 Å². The number of aromatic amines is 1. The molecule has 5 rings (SSSR count). The van der Waals surface area contributed by atoms with Crippen molar-refractivity contribution >= 4 is 46.2 Å². The maximum Gasteiger partial charge on any atom is 0.410 e. The fraction of sp³-hybridized carbons (Fsp3) is 0.290. The number of nitrogens with one attached hydrogen (secondary N) is 4. The van der Waals surface area contributed by atoms with Crippen LogP contribution in [0.2, 0.25) is 0 Å². The van der Waals surface area contributed by atoms with Crippen molar-refractivity contribution in [1.29, 1.82) is 0 Å². The highest BCUT2D eigenvalue weighted by Crippen LogP contribution is 2.29. The number of nitrogens with two attached hydrogens (primary N) is 1. The molecule has 0 radical (unpaired) electrons. The zero-order valence-electron chi connectivity index (χ0n) is 23.9. The SMILES string of the molecule is Nc1c(NC(CNC(=O)COC2CC(CNc3ccccn3)N(C(=O)OCc3ccccc3)C2)C(=O)O)[nH]c2ccccc12. The van der Waals surface area contributed by atoms with Crippen LogP contribution in [-0.4, -0.2) is 82.4 Å². The van der Waals surface area contributed by atoms with Gasteiger partial charge in [-0.1, -0.05) is 54.6 Å². The Hall–Kier alpha value is -5.30. The van der Waals surface area contributed by atoms with Crippen molar-refractivity contribution in [2.24, 2.45) is 0 Å². The number of hydrogen-bond acceptors (Lipinski definition) is 9. The Labute approximate surface area is 253 Å². The second-order valence-electron chi connectivity index (χ2n) is 10.4. The van der Waals surface area contributed by atoms with Gasteiger partial charge in [0.1, 0.15) is 30.9 Å². The Kier molecular flexibility index (Phi) is 9.77. The summed E-state index contributed by atoms with van der Waals surface area (Å²) >= 11 is 0. The summed E-state index contributed by atoms with van der Waals surface area (Å²) in [4.78, 5) is 46.5. The first kappa shape index (κ1) is 30.2. The number of benzene rings is 2. The zero-order chi connectivity index (χ0) is 30.9. The maximum absolute atomic E-state index is 13.0. The minimum absolute atomic E-state index is 0.132. The van der Waals surface area contributed by atoms with Gasteiger partial charge in [0.2, 0.25) is 5.91 Å². The van der Waals surface area contributed by atoms with Crippen LogP contribution >= 0.6 is 0 Å². The Bertz CT molecular complexity index is 1570. The molecule has 0 bridgehead atoms. The van der Waals surface area contributed by atoms with E-state index >= 15 is 0 Å². The monoisotopic (exact) mass is 601 g/mol. The summed E-state index contributed by atoms with van der Waals surface area (Å²) in [6.45, 7) is 0.263. The number of para-hydroxylation sites is 1. The molecule has 2 amide bonds. The molecule has 3 unspecified atom stereocenters. The Morgan fingerprint density at radius 1 is 1.07 bits per heavy atom. The molecule has 1 saturated heterocycles. The number of carboxylic acids is 1. The maximum atomic E-state index is 13.0. The number of hydrogen-bond donors (Lipinski definition) is 6. The number of amides is 2. The highest BCUT2D eigenvalue weighted by molar-refractivity contribution is 5.99. The second kappa shape index (κ2) is 14.2. The molecule has 230 valence electrons. The highest BCUT2D eigenvalue weighted by atomic mass is 16.6. The number of rotatable bonds is 13. The van der Waals surface area contributed by atoms with E-state index in [1.54, 1.807) is 11.1 Å². The zero-order valence-corrected chi connectivity index (χ0v) is 23.9. The number of nitrogen functional groups attached to an aromatic ring is 1. The van der Waals surface area contributed by atoms with E-state index in [0.29, 0.717) is 30.3 Å². The molecule has 3 heterocycles. The van der Waals surface area contributed by atoms with Crippen LogP contribution in [-0.2, 0) is 25.7 Å². The Balaban J connectivity index is 1.14. The molecule has 3 atom stereocenters. The third-order valence-electron chi connectivity index (χ3n) is 7.32. The van der Waals surface area contributed by atoms with Crippen molar-refractivity contribution in [3.05, 3.63) is 84.6 Å². The first-order chi connectivity index (χ1) is 21.4. The summed E-state index contributed by atoms with van der Waals surface area (Å²) in [5, 5.41) is 19.2. The number of carbonyl (C=O) groups is 3. The molecule has 13 nitrogen and oxygen atoms in total.